The van der Waals surface area contributed by atoms with E-state index in [1.807, 2.05) is 13.8 Å². The zero-order chi connectivity index (χ0) is 13.9. The van der Waals surface area contributed by atoms with Gasteiger partial charge in [-0.2, -0.15) is 0 Å². The van der Waals surface area contributed by atoms with Crippen molar-refractivity contribution in [3.8, 4) is 0 Å². The average molecular weight is 273 g/mol. The van der Waals surface area contributed by atoms with Gasteiger partial charge in [-0.25, -0.2) is 18.4 Å². The molecule has 7 heteroatoms. The van der Waals surface area contributed by atoms with Gasteiger partial charge < -0.3 is 10.4 Å². The molecule has 2 N–H and O–H groups in total. The molecule has 1 atom stereocenters. The summed E-state index contributed by atoms with van der Waals surface area (Å²) >= 11 is 0. The van der Waals surface area contributed by atoms with Gasteiger partial charge in [0, 0.05) is 24.1 Å². The second-order valence-corrected chi connectivity index (χ2v) is 6.64. The van der Waals surface area contributed by atoms with E-state index in [0.717, 1.165) is 17.5 Å². The number of aromatic nitrogens is 2. The maximum absolute atomic E-state index is 11.0. The Kier molecular flexibility index (Phi) is 4.64. The minimum atomic E-state index is -3.18. The van der Waals surface area contributed by atoms with Gasteiger partial charge in [0.15, 0.2) is 0 Å². The van der Waals surface area contributed by atoms with E-state index >= 15 is 0 Å². The number of rotatable bonds is 5. The molecule has 1 unspecified atom stereocenters. The van der Waals surface area contributed by atoms with Crippen LogP contribution < -0.4 is 5.32 Å². The van der Waals surface area contributed by atoms with Crippen molar-refractivity contribution in [3.05, 3.63) is 17.1 Å². The molecule has 0 aliphatic carbocycles. The highest BCUT2D eigenvalue weighted by Crippen LogP contribution is 2.14. The van der Waals surface area contributed by atoms with Crippen molar-refractivity contribution >= 4 is 15.7 Å². The van der Waals surface area contributed by atoms with E-state index in [1.54, 1.807) is 6.92 Å². The Hall–Kier alpha value is -1.21. The van der Waals surface area contributed by atoms with Crippen LogP contribution in [0.15, 0.2) is 0 Å². The molecule has 1 aromatic rings. The highest BCUT2D eigenvalue weighted by molar-refractivity contribution is 7.90. The monoisotopic (exact) mass is 273 g/mol. The summed E-state index contributed by atoms with van der Waals surface area (Å²) in [5.41, 5.74) is 1.76. The molecule has 18 heavy (non-hydrogen) atoms. The van der Waals surface area contributed by atoms with E-state index < -0.39 is 15.9 Å². The van der Waals surface area contributed by atoms with Crippen molar-refractivity contribution in [3.63, 3.8) is 0 Å². The number of hydrogen-bond acceptors (Lipinski definition) is 6. The number of anilines is 1. The van der Waals surface area contributed by atoms with Gasteiger partial charge in [-0.05, 0) is 20.8 Å². The van der Waals surface area contributed by atoms with Crippen LogP contribution in [0.4, 0.5) is 5.82 Å². The topological polar surface area (TPSA) is 92.2 Å². The van der Waals surface area contributed by atoms with Crippen LogP contribution in [0.5, 0.6) is 0 Å². The van der Waals surface area contributed by atoms with E-state index in [1.165, 1.54) is 0 Å². The van der Waals surface area contributed by atoms with E-state index in [-0.39, 0.29) is 12.3 Å². The first-order chi connectivity index (χ1) is 8.19. The SMILES string of the molecule is Cc1nc(C)c(C)c(NCC(O)CS(C)(=O)=O)n1. The van der Waals surface area contributed by atoms with Gasteiger partial charge in [0.25, 0.3) is 0 Å². The number of sulfone groups is 1. The van der Waals surface area contributed by atoms with E-state index in [0.29, 0.717) is 11.6 Å². The largest absolute Gasteiger partial charge is 0.390 e. The van der Waals surface area contributed by atoms with Crippen molar-refractivity contribution in [1.29, 1.82) is 0 Å². The lowest BCUT2D eigenvalue weighted by atomic mass is 10.2. The summed E-state index contributed by atoms with van der Waals surface area (Å²) < 4.78 is 22.0. The fourth-order valence-corrected chi connectivity index (χ4v) is 2.38. The molecule has 0 radical (unpaired) electrons. The van der Waals surface area contributed by atoms with E-state index in [9.17, 15) is 13.5 Å². The van der Waals surface area contributed by atoms with Crippen LogP contribution in [0.1, 0.15) is 17.1 Å². The van der Waals surface area contributed by atoms with Gasteiger partial charge in [-0.15, -0.1) is 0 Å². The summed E-state index contributed by atoms with van der Waals surface area (Å²) in [6.45, 7) is 5.68. The van der Waals surface area contributed by atoms with E-state index in [2.05, 4.69) is 15.3 Å². The average Bonchev–Trinajstić information content (AvgIpc) is 2.18. The number of aliphatic hydroxyl groups is 1. The number of nitrogens with one attached hydrogen (secondary N) is 1. The first-order valence-corrected chi connectivity index (χ1v) is 7.66. The summed E-state index contributed by atoms with van der Waals surface area (Å²) in [4.78, 5) is 8.43. The summed E-state index contributed by atoms with van der Waals surface area (Å²) in [5.74, 6) is 1.01. The van der Waals surface area contributed by atoms with Crippen LogP contribution in [0.2, 0.25) is 0 Å². The smallest absolute Gasteiger partial charge is 0.150 e. The molecule has 0 bridgehead atoms. The molecule has 0 aliphatic rings. The zero-order valence-corrected chi connectivity index (χ0v) is 11.9. The minimum absolute atomic E-state index is 0.143. The highest BCUT2D eigenvalue weighted by atomic mass is 32.2. The molecule has 0 aromatic carbocycles. The van der Waals surface area contributed by atoms with Crippen LogP contribution in [0, 0.1) is 20.8 Å². The molecule has 1 rings (SSSR count). The first-order valence-electron chi connectivity index (χ1n) is 5.60. The van der Waals surface area contributed by atoms with Crippen LogP contribution in [-0.2, 0) is 9.84 Å². The summed E-state index contributed by atoms with van der Waals surface area (Å²) in [7, 11) is -3.18. The van der Waals surface area contributed by atoms with E-state index in [4.69, 9.17) is 0 Å². The molecule has 0 aliphatic heterocycles. The lowest BCUT2D eigenvalue weighted by Crippen LogP contribution is -2.28. The molecular formula is C11H19N3O3S. The van der Waals surface area contributed by atoms with Crippen molar-refractivity contribution < 1.29 is 13.5 Å². The van der Waals surface area contributed by atoms with Crippen LogP contribution >= 0.6 is 0 Å². The fraction of sp³-hybridized carbons (Fsp3) is 0.636. The molecule has 0 fully saturated rings. The predicted molar refractivity (Wildman–Crippen MR) is 70.5 cm³/mol. The number of aryl methyl sites for hydroxylation is 2. The van der Waals surface area contributed by atoms with Crippen LogP contribution in [0.25, 0.3) is 0 Å². The molecule has 1 aromatic heterocycles. The Morgan fingerprint density at radius 2 is 1.89 bits per heavy atom. The van der Waals surface area contributed by atoms with Gasteiger partial charge in [-0.1, -0.05) is 0 Å². The van der Waals surface area contributed by atoms with Gasteiger partial charge in [0.1, 0.15) is 21.5 Å². The first kappa shape index (κ1) is 14.8. The molecule has 6 nitrogen and oxygen atoms in total. The zero-order valence-electron chi connectivity index (χ0n) is 11.1. The van der Waals surface area contributed by atoms with Gasteiger partial charge in [0.2, 0.25) is 0 Å². The predicted octanol–water partition coefficient (Wildman–Crippen LogP) is 0.219. The third-order valence-electron chi connectivity index (χ3n) is 2.50. The maximum atomic E-state index is 11.0. The lowest BCUT2D eigenvalue weighted by Gasteiger charge is -2.14. The summed E-state index contributed by atoms with van der Waals surface area (Å²) in [5, 5.41) is 12.5. The molecule has 1 heterocycles. The highest BCUT2D eigenvalue weighted by Gasteiger charge is 2.13. The molecule has 0 amide bonds. The molecule has 102 valence electrons. The molecular weight excluding hydrogens is 254 g/mol. The van der Waals surface area contributed by atoms with Crippen LogP contribution in [-0.4, -0.2) is 48.1 Å². The number of aliphatic hydroxyl groups excluding tert-OH is 1. The summed E-state index contributed by atoms with van der Waals surface area (Å²) in [6, 6.07) is 0. The fourth-order valence-electron chi connectivity index (χ4n) is 1.56. The second kappa shape index (κ2) is 5.62. The van der Waals surface area contributed by atoms with Crippen molar-refractivity contribution in [1.82, 2.24) is 9.97 Å². The Morgan fingerprint density at radius 1 is 1.28 bits per heavy atom. The van der Waals surface area contributed by atoms with Crippen molar-refractivity contribution in [2.75, 3.05) is 23.9 Å². The summed E-state index contributed by atoms with van der Waals surface area (Å²) in [6.07, 6.45) is 0.149. The minimum Gasteiger partial charge on any atom is -0.390 e. The Morgan fingerprint density at radius 3 is 2.44 bits per heavy atom. The maximum Gasteiger partial charge on any atom is 0.150 e. The standard InChI is InChI=1S/C11H19N3O3S/c1-7-8(2)13-9(3)14-11(7)12-5-10(15)6-18(4,16)17/h10,15H,5-6H2,1-4H3,(H,12,13,14). The Labute approximate surface area is 107 Å². The third kappa shape index (κ3) is 4.58. The lowest BCUT2D eigenvalue weighted by molar-refractivity contribution is 0.210. The van der Waals surface area contributed by atoms with Gasteiger partial charge in [0.05, 0.1) is 11.9 Å². The second-order valence-electron chi connectivity index (χ2n) is 4.46. The Balaban J connectivity index is 2.69. The van der Waals surface area contributed by atoms with Crippen molar-refractivity contribution in [2.45, 2.75) is 26.9 Å². The molecule has 0 spiro atoms. The van der Waals surface area contributed by atoms with Crippen LogP contribution in [0.3, 0.4) is 0 Å². The quantitative estimate of drug-likeness (QED) is 0.797. The molecule has 0 saturated carbocycles. The van der Waals surface area contributed by atoms with Gasteiger partial charge in [-0.3, -0.25) is 0 Å². The van der Waals surface area contributed by atoms with Crippen molar-refractivity contribution in [2.24, 2.45) is 0 Å². The normalized spacial score (nSPS) is 13.4. The molecule has 0 saturated heterocycles. The van der Waals surface area contributed by atoms with Gasteiger partial charge >= 0.3 is 0 Å². The number of nitrogens with zero attached hydrogens (tertiary/aromatic N) is 2. The third-order valence-corrected chi connectivity index (χ3v) is 3.49. The number of hydrogen-bond donors (Lipinski definition) is 2. The Bertz CT molecular complexity index is 529.